The first-order chi connectivity index (χ1) is 9.66. The van der Waals surface area contributed by atoms with Gasteiger partial charge in [-0.25, -0.2) is 12.8 Å². The Labute approximate surface area is 132 Å². The van der Waals surface area contributed by atoms with Gasteiger partial charge in [0.1, 0.15) is 6.17 Å². The molecule has 1 aromatic carbocycles. The van der Waals surface area contributed by atoms with Gasteiger partial charge in [-0.2, -0.15) is 0 Å². The Morgan fingerprint density at radius 1 is 1.33 bits per heavy atom. The molecule has 1 unspecified atom stereocenters. The first-order valence-electron chi connectivity index (χ1n) is 5.80. The van der Waals surface area contributed by atoms with Crippen molar-refractivity contribution in [3.05, 3.63) is 29.8 Å². The highest BCUT2D eigenvalue weighted by Crippen LogP contribution is 2.23. The molecule has 2 atom stereocenters. The van der Waals surface area contributed by atoms with Crippen LogP contribution in [0.2, 0.25) is 0 Å². The number of aliphatic hydroxyl groups excluding tert-OH is 1. The molecule has 1 rings (SSSR count). The molecule has 0 heterocycles. The minimum Gasteiger partial charge on any atom is -0.394 e. The van der Waals surface area contributed by atoms with Gasteiger partial charge in [-0.05, 0) is 17.7 Å². The lowest BCUT2D eigenvalue weighted by Crippen LogP contribution is -2.43. The van der Waals surface area contributed by atoms with Crippen molar-refractivity contribution in [2.45, 2.75) is 21.9 Å². The fourth-order valence-electron chi connectivity index (χ4n) is 1.59. The Morgan fingerprint density at radius 2 is 1.86 bits per heavy atom. The molecular weight excluding hydrogens is 344 g/mol. The van der Waals surface area contributed by atoms with Gasteiger partial charge in [-0.1, -0.05) is 35.3 Å². The monoisotopic (exact) mass is 357 g/mol. The lowest BCUT2D eigenvalue weighted by Gasteiger charge is -2.21. The van der Waals surface area contributed by atoms with Gasteiger partial charge in [0.15, 0.2) is 14.7 Å². The predicted octanol–water partition coefficient (Wildman–Crippen LogP) is 1.38. The summed E-state index contributed by atoms with van der Waals surface area (Å²) in [7, 11) is -3.38. The fraction of sp³-hybridized carbons (Fsp3) is 0.417. The van der Waals surface area contributed by atoms with Crippen molar-refractivity contribution in [1.82, 2.24) is 5.32 Å². The molecular formula is C12H14Cl2FNO4S. The highest BCUT2D eigenvalue weighted by atomic mass is 35.5. The van der Waals surface area contributed by atoms with Gasteiger partial charge in [0.2, 0.25) is 0 Å². The van der Waals surface area contributed by atoms with E-state index in [4.69, 9.17) is 28.3 Å². The van der Waals surface area contributed by atoms with E-state index in [-0.39, 0.29) is 10.5 Å². The number of amides is 1. The fourth-order valence-corrected chi connectivity index (χ4v) is 2.34. The second kappa shape index (κ2) is 7.40. The first kappa shape index (κ1) is 18.2. The number of aliphatic hydroxyl groups is 1. The molecule has 0 bridgehead atoms. The van der Waals surface area contributed by atoms with Crippen LogP contribution >= 0.6 is 23.2 Å². The molecule has 0 aromatic heterocycles. The summed E-state index contributed by atoms with van der Waals surface area (Å²) in [6.45, 7) is -0.665. The summed E-state index contributed by atoms with van der Waals surface area (Å²) in [5.74, 6) is -0.826. The molecule has 0 radical (unpaired) electrons. The van der Waals surface area contributed by atoms with Crippen LogP contribution < -0.4 is 5.32 Å². The van der Waals surface area contributed by atoms with Gasteiger partial charge in [0.05, 0.1) is 17.5 Å². The van der Waals surface area contributed by atoms with Crippen molar-refractivity contribution in [2.75, 3.05) is 12.9 Å². The van der Waals surface area contributed by atoms with E-state index < -0.39 is 39.4 Å². The molecule has 118 valence electrons. The first-order valence-corrected chi connectivity index (χ1v) is 8.56. The van der Waals surface area contributed by atoms with E-state index in [0.29, 0.717) is 0 Å². The molecule has 0 aliphatic rings. The molecule has 21 heavy (non-hydrogen) atoms. The molecule has 0 aliphatic carbocycles. The minimum absolute atomic E-state index is 0.0459. The zero-order chi connectivity index (χ0) is 16.2. The lowest BCUT2D eigenvalue weighted by atomic mass is 10.0. The van der Waals surface area contributed by atoms with E-state index in [1.165, 1.54) is 24.3 Å². The summed E-state index contributed by atoms with van der Waals surface area (Å²) in [4.78, 5) is 9.97. The standard InChI is InChI=1S/C12H14Cl2FNO4S/c1-21(19,20)8-4-2-7(3-5-8)10(15)9(6-17)16-12(18)11(13)14/h2-5,9-11,17H,6H2,1H3,(H,16,18)/t9-,10?/m0/s1. The number of carbonyl (C=O) groups excluding carboxylic acids is 1. The Morgan fingerprint density at radius 3 is 2.24 bits per heavy atom. The summed E-state index contributed by atoms with van der Waals surface area (Å²) in [6, 6.07) is 3.81. The second-order valence-electron chi connectivity index (χ2n) is 4.34. The molecule has 0 fully saturated rings. The number of nitrogens with one attached hydrogen (secondary N) is 1. The average molecular weight is 358 g/mol. The summed E-state index contributed by atoms with van der Waals surface area (Å²) < 4.78 is 36.9. The number of rotatable bonds is 6. The third kappa shape index (κ3) is 5.10. The number of carbonyl (C=O) groups is 1. The topological polar surface area (TPSA) is 83.5 Å². The van der Waals surface area contributed by atoms with Crippen LogP contribution in [-0.4, -0.2) is 43.2 Å². The predicted molar refractivity (Wildman–Crippen MR) is 77.9 cm³/mol. The summed E-state index contributed by atoms with van der Waals surface area (Å²) in [5.41, 5.74) is 0.113. The van der Waals surface area contributed by atoms with Crippen molar-refractivity contribution in [2.24, 2.45) is 0 Å². The van der Waals surface area contributed by atoms with Crippen LogP contribution in [0.15, 0.2) is 29.2 Å². The van der Waals surface area contributed by atoms with E-state index in [9.17, 15) is 17.6 Å². The van der Waals surface area contributed by atoms with Crippen molar-refractivity contribution in [3.63, 3.8) is 0 Å². The van der Waals surface area contributed by atoms with E-state index in [1.54, 1.807) is 0 Å². The second-order valence-corrected chi connectivity index (χ2v) is 7.45. The van der Waals surface area contributed by atoms with Gasteiger partial charge in [0.25, 0.3) is 5.91 Å². The van der Waals surface area contributed by atoms with Crippen molar-refractivity contribution in [1.29, 1.82) is 0 Å². The molecule has 2 N–H and O–H groups in total. The summed E-state index contributed by atoms with van der Waals surface area (Å²) >= 11 is 10.7. The maximum Gasteiger partial charge on any atom is 0.253 e. The van der Waals surface area contributed by atoms with Crippen LogP contribution in [0.5, 0.6) is 0 Å². The Kier molecular flexibility index (Phi) is 6.40. The summed E-state index contributed by atoms with van der Waals surface area (Å²) in [6.07, 6.45) is -0.702. The Bertz CT molecular complexity index is 592. The maximum atomic E-state index is 14.2. The van der Waals surface area contributed by atoms with Crippen LogP contribution in [0, 0.1) is 0 Å². The van der Waals surface area contributed by atoms with E-state index >= 15 is 0 Å². The quantitative estimate of drug-likeness (QED) is 0.753. The molecule has 1 aromatic rings. The SMILES string of the molecule is CS(=O)(=O)c1ccc(C(F)[C@H](CO)NC(=O)C(Cl)Cl)cc1. The summed E-state index contributed by atoms with van der Waals surface area (Å²) in [5, 5.41) is 11.3. The van der Waals surface area contributed by atoms with E-state index in [1.807, 2.05) is 0 Å². The number of hydrogen-bond donors (Lipinski definition) is 2. The number of sulfone groups is 1. The highest BCUT2D eigenvalue weighted by molar-refractivity contribution is 7.90. The molecule has 0 saturated heterocycles. The molecule has 5 nitrogen and oxygen atoms in total. The lowest BCUT2D eigenvalue weighted by molar-refractivity contribution is -0.121. The van der Waals surface area contributed by atoms with Crippen molar-refractivity contribution < 1.29 is 22.7 Å². The van der Waals surface area contributed by atoms with Gasteiger partial charge in [-0.3, -0.25) is 4.79 Å². The van der Waals surface area contributed by atoms with Gasteiger partial charge < -0.3 is 10.4 Å². The normalized spacial score (nSPS) is 14.8. The van der Waals surface area contributed by atoms with Crippen LogP contribution in [-0.2, 0) is 14.6 Å². The minimum atomic E-state index is -3.38. The van der Waals surface area contributed by atoms with Gasteiger partial charge in [0, 0.05) is 6.26 Å². The highest BCUT2D eigenvalue weighted by Gasteiger charge is 2.26. The van der Waals surface area contributed by atoms with E-state index in [2.05, 4.69) is 5.32 Å². The van der Waals surface area contributed by atoms with Crippen LogP contribution in [0.25, 0.3) is 0 Å². The molecule has 1 amide bonds. The largest absolute Gasteiger partial charge is 0.394 e. The zero-order valence-electron chi connectivity index (χ0n) is 11.0. The Balaban J connectivity index is 2.90. The number of alkyl halides is 3. The molecule has 0 aliphatic heterocycles. The molecule has 9 heteroatoms. The number of benzene rings is 1. The average Bonchev–Trinajstić information content (AvgIpc) is 2.42. The van der Waals surface area contributed by atoms with Crippen LogP contribution in [0.1, 0.15) is 11.7 Å². The number of hydrogen-bond acceptors (Lipinski definition) is 4. The van der Waals surface area contributed by atoms with Crippen LogP contribution in [0.4, 0.5) is 4.39 Å². The van der Waals surface area contributed by atoms with Crippen molar-refractivity contribution in [3.8, 4) is 0 Å². The molecule has 0 spiro atoms. The van der Waals surface area contributed by atoms with Gasteiger partial charge in [-0.15, -0.1) is 0 Å². The van der Waals surface area contributed by atoms with Crippen molar-refractivity contribution >= 4 is 38.9 Å². The third-order valence-corrected chi connectivity index (χ3v) is 4.23. The Hall–Kier alpha value is -0.890. The third-order valence-electron chi connectivity index (χ3n) is 2.70. The van der Waals surface area contributed by atoms with Gasteiger partial charge >= 0.3 is 0 Å². The van der Waals surface area contributed by atoms with Crippen LogP contribution in [0.3, 0.4) is 0 Å². The smallest absolute Gasteiger partial charge is 0.253 e. The maximum absolute atomic E-state index is 14.2. The number of halogens is 3. The molecule has 0 saturated carbocycles. The van der Waals surface area contributed by atoms with E-state index in [0.717, 1.165) is 6.26 Å². The zero-order valence-corrected chi connectivity index (χ0v) is 13.3.